The van der Waals surface area contributed by atoms with Gasteiger partial charge in [0.1, 0.15) is 0 Å². The molecule has 1 atom stereocenters. The van der Waals surface area contributed by atoms with E-state index in [1.807, 2.05) is 9.80 Å². The van der Waals surface area contributed by atoms with Gasteiger partial charge >= 0.3 is 0 Å². The van der Waals surface area contributed by atoms with Gasteiger partial charge in [-0.3, -0.25) is 9.59 Å². The molecule has 4 nitrogen and oxygen atoms in total. The Balaban J connectivity index is 1.44. The average Bonchev–Trinajstić information content (AvgIpc) is 3.58. The Kier molecular flexibility index (Phi) is 5.91. The number of nitrogens with zero attached hydrogens (tertiary/aromatic N) is 2. The summed E-state index contributed by atoms with van der Waals surface area (Å²) in [6, 6.07) is 15.7. The Morgan fingerprint density at radius 1 is 1.03 bits per heavy atom. The number of hydrogen-bond donors (Lipinski definition) is 0. The summed E-state index contributed by atoms with van der Waals surface area (Å²) in [7, 11) is 0. The second-order valence-electron chi connectivity index (χ2n) is 8.28. The molecule has 2 aliphatic rings. The summed E-state index contributed by atoms with van der Waals surface area (Å²) in [6.07, 6.45) is 3.87. The first-order chi connectivity index (χ1) is 14.0. The van der Waals surface area contributed by atoms with Gasteiger partial charge < -0.3 is 9.80 Å². The molecule has 1 aliphatic heterocycles. The highest BCUT2D eigenvalue weighted by Crippen LogP contribution is 2.32. The fraction of sp³-hybridized carbons (Fsp3) is 0.417. The van der Waals surface area contributed by atoms with E-state index in [9.17, 15) is 9.59 Å². The van der Waals surface area contributed by atoms with E-state index in [-0.39, 0.29) is 17.7 Å². The zero-order chi connectivity index (χ0) is 20.4. The van der Waals surface area contributed by atoms with Crippen molar-refractivity contribution in [1.82, 2.24) is 9.80 Å². The van der Waals surface area contributed by atoms with Gasteiger partial charge in [0, 0.05) is 36.3 Å². The Morgan fingerprint density at radius 3 is 2.38 bits per heavy atom. The van der Waals surface area contributed by atoms with Gasteiger partial charge in [0.25, 0.3) is 5.91 Å². The third-order valence-corrected chi connectivity index (χ3v) is 6.15. The molecule has 2 fully saturated rings. The smallest absolute Gasteiger partial charge is 0.253 e. The fourth-order valence-corrected chi connectivity index (χ4v) is 4.16. The standard InChI is InChI=1S/C24H27ClN2O2/c1-17-4-6-18(7-5-17)15-27(22-12-13-22)24(29)20-3-2-14-26(16-20)23(28)19-8-10-21(25)11-9-19/h4-11,20,22H,2-3,12-16H2,1H3. The number of rotatable bonds is 5. The zero-order valence-corrected chi connectivity index (χ0v) is 17.6. The van der Waals surface area contributed by atoms with Crippen LogP contribution in [0.3, 0.4) is 0 Å². The van der Waals surface area contributed by atoms with Gasteiger partial charge in [-0.1, -0.05) is 41.4 Å². The minimum absolute atomic E-state index is 0.0179. The molecule has 0 aromatic heterocycles. The quantitative estimate of drug-likeness (QED) is 0.717. The van der Waals surface area contributed by atoms with Crippen molar-refractivity contribution in [3.05, 3.63) is 70.2 Å². The lowest BCUT2D eigenvalue weighted by Gasteiger charge is -2.35. The molecule has 5 heteroatoms. The average molecular weight is 411 g/mol. The number of carbonyl (C=O) groups excluding carboxylic acids is 2. The molecule has 2 aromatic rings. The lowest BCUT2D eigenvalue weighted by molar-refractivity contribution is -0.138. The topological polar surface area (TPSA) is 40.6 Å². The molecule has 1 saturated heterocycles. The molecule has 152 valence electrons. The third-order valence-electron chi connectivity index (χ3n) is 5.89. The van der Waals surface area contributed by atoms with Crippen molar-refractivity contribution in [2.75, 3.05) is 13.1 Å². The number of carbonyl (C=O) groups is 2. The van der Waals surface area contributed by atoms with Crippen LogP contribution in [0.25, 0.3) is 0 Å². The number of hydrogen-bond acceptors (Lipinski definition) is 2. The van der Waals surface area contributed by atoms with E-state index in [2.05, 4.69) is 31.2 Å². The van der Waals surface area contributed by atoms with Crippen LogP contribution in [-0.2, 0) is 11.3 Å². The second kappa shape index (κ2) is 8.58. The van der Waals surface area contributed by atoms with Crippen molar-refractivity contribution in [2.45, 2.75) is 45.2 Å². The molecule has 0 radical (unpaired) electrons. The summed E-state index contributed by atoms with van der Waals surface area (Å²) in [5.74, 6) is 0.0587. The highest BCUT2D eigenvalue weighted by molar-refractivity contribution is 6.30. The second-order valence-corrected chi connectivity index (χ2v) is 8.72. The number of piperidine rings is 1. The predicted octanol–water partition coefficient (Wildman–Crippen LogP) is 4.69. The molecule has 0 N–H and O–H groups in total. The number of amides is 2. The van der Waals surface area contributed by atoms with Gasteiger partial charge in [0.15, 0.2) is 0 Å². The zero-order valence-electron chi connectivity index (χ0n) is 16.8. The summed E-state index contributed by atoms with van der Waals surface area (Å²) in [5.41, 5.74) is 3.02. The molecule has 0 spiro atoms. The number of halogens is 1. The van der Waals surface area contributed by atoms with Crippen molar-refractivity contribution in [1.29, 1.82) is 0 Å². The first kappa shape index (κ1) is 20.0. The van der Waals surface area contributed by atoms with E-state index in [4.69, 9.17) is 11.6 Å². The lowest BCUT2D eigenvalue weighted by Crippen LogP contribution is -2.47. The van der Waals surface area contributed by atoms with Crippen molar-refractivity contribution < 1.29 is 9.59 Å². The van der Waals surface area contributed by atoms with Crippen LogP contribution in [0.2, 0.25) is 5.02 Å². The van der Waals surface area contributed by atoms with Crippen LogP contribution < -0.4 is 0 Å². The summed E-state index contributed by atoms with van der Waals surface area (Å²) in [4.78, 5) is 30.1. The summed E-state index contributed by atoms with van der Waals surface area (Å²) in [6.45, 7) is 3.93. The molecule has 1 aliphatic carbocycles. The van der Waals surface area contributed by atoms with Gasteiger partial charge in [0.2, 0.25) is 5.91 Å². The van der Waals surface area contributed by atoms with Crippen LogP contribution in [0.5, 0.6) is 0 Å². The van der Waals surface area contributed by atoms with E-state index in [1.54, 1.807) is 24.3 Å². The maximum atomic E-state index is 13.4. The third kappa shape index (κ3) is 4.81. The molecule has 4 rings (SSSR count). The maximum Gasteiger partial charge on any atom is 0.253 e. The first-order valence-corrected chi connectivity index (χ1v) is 10.8. The summed E-state index contributed by atoms with van der Waals surface area (Å²) in [5, 5.41) is 0.615. The Bertz CT molecular complexity index is 875. The number of aryl methyl sites for hydroxylation is 1. The van der Waals surface area contributed by atoms with Crippen LogP contribution in [0, 0.1) is 12.8 Å². The molecular weight excluding hydrogens is 384 g/mol. The van der Waals surface area contributed by atoms with E-state index in [1.165, 1.54) is 11.1 Å². The Hall–Kier alpha value is -2.33. The highest BCUT2D eigenvalue weighted by atomic mass is 35.5. The molecular formula is C24H27ClN2O2. The number of likely N-dealkylation sites (tertiary alicyclic amines) is 1. The van der Waals surface area contributed by atoms with Gasteiger partial charge in [0.05, 0.1) is 5.92 Å². The van der Waals surface area contributed by atoms with E-state index < -0.39 is 0 Å². The SMILES string of the molecule is Cc1ccc(CN(C(=O)C2CCCN(C(=O)c3ccc(Cl)cc3)C2)C2CC2)cc1. The van der Waals surface area contributed by atoms with E-state index in [0.717, 1.165) is 25.7 Å². The monoisotopic (exact) mass is 410 g/mol. The van der Waals surface area contributed by atoms with Gasteiger partial charge in [-0.15, -0.1) is 0 Å². The van der Waals surface area contributed by atoms with Crippen LogP contribution >= 0.6 is 11.6 Å². The Morgan fingerprint density at radius 2 is 1.72 bits per heavy atom. The van der Waals surface area contributed by atoms with Crippen molar-refractivity contribution in [3.63, 3.8) is 0 Å². The predicted molar refractivity (Wildman–Crippen MR) is 115 cm³/mol. The minimum Gasteiger partial charge on any atom is -0.338 e. The van der Waals surface area contributed by atoms with Gasteiger partial charge in [-0.25, -0.2) is 0 Å². The molecule has 2 aromatic carbocycles. The molecule has 1 heterocycles. The molecule has 29 heavy (non-hydrogen) atoms. The normalized spacial score (nSPS) is 19.1. The van der Waals surface area contributed by atoms with Crippen LogP contribution in [0.1, 0.15) is 47.2 Å². The van der Waals surface area contributed by atoms with Crippen LogP contribution in [-0.4, -0.2) is 40.7 Å². The van der Waals surface area contributed by atoms with Crippen LogP contribution in [0.15, 0.2) is 48.5 Å². The first-order valence-electron chi connectivity index (χ1n) is 10.4. The number of benzene rings is 2. The minimum atomic E-state index is -0.119. The molecule has 2 amide bonds. The highest BCUT2D eigenvalue weighted by Gasteiger charge is 2.38. The molecule has 1 unspecified atom stereocenters. The summed E-state index contributed by atoms with van der Waals surface area (Å²) >= 11 is 5.94. The summed E-state index contributed by atoms with van der Waals surface area (Å²) < 4.78 is 0. The molecule has 1 saturated carbocycles. The van der Waals surface area contributed by atoms with E-state index in [0.29, 0.717) is 36.3 Å². The van der Waals surface area contributed by atoms with E-state index >= 15 is 0 Å². The molecule has 0 bridgehead atoms. The van der Waals surface area contributed by atoms with Crippen molar-refractivity contribution in [3.8, 4) is 0 Å². The van der Waals surface area contributed by atoms with Gasteiger partial charge in [-0.2, -0.15) is 0 Å². The van der Waals surface area contributed by atoms with Crippen LogP contribution in [0.4, 0.5) is 0 Å². The largest absolute Gasteiger partial charge is 0.338 e. The Labute approximate surface area is 177 Å². The maximum absolute atomic E-state index is 13.4. The lowest BCUT2D eigenvalue weighted by atomic mass is 9.95. The van der Waals surface area contributed by atoms with Crippen molar-refractivity contribution >= 4 is 23.4 Å². The van der Waals surface area contributed by atoms with Crippen molar-refractivity contribution in [2.24, 2.45) is 5.92 Å². The fourth-order valence-electron chi connectivity index (χ4n) is 4.04. The van der Waals surface area contributed by atoms with Gasteiger partial charge in [-0.05, 0) is 62.4 Å².